The maximum Gasteiger partial charge on any atom is 0.539 e. The van der Waals surface area contributed by atoms with Crippen molar-refractivity contribution in [2.24, 2.45) is 15.9 Å². The molecule has 1 aromatic rings. The molecule has 106 valence electrons. The molecule has 1 aliphatic heterocycles. The van der Waals surface area contributed by atoms with E-state index < -0.39 is 6.40 Å². The van der Waals surface area contributed by atoms with Gasteiger partial charge >= 0.3 is 6.40 Å². The fraction of sp³-hybridized carbons (Fsp3) is 0.333. The van der Waals surface area contributed by atoms with Gasteiger partial charge in [-0.1, -0.05) is 29.8 Å². The summed E-state index contributed by atoms with van der Waals surface area (Å²) < 4.78 is 24.3. The predicted molar refractivity (Wildman–Crippen MR) is 80.1 cm³/mol. The molecule has 0 saturated carbocycles. The summed E-state index contributed by atoms with van der Waals surface area (Å²) in [6, 6.07) is 6.37. The van der Waals surface area contributed by atoms with Gasteiger partial charge in [-0.3, -0.25) is 0 Å². The van der Waals surface area contributed by atoms with Crippen LogP contribution in [0, 0.1) is 5.82 Å². The van der Waals surface area contributed by atoms with E-state index in [1.807, 2.05) is 6.92 Å². The molecule has 1 atom stereocenters. The minimum Gasteiger partial charge on any atom is -0.399 e. The zero-order valence-corrected chi connectivity index (χ0v) is 12.1. The molecule has 1 heterocycles. The van der Waals surface area contributed by atoms with E-state index in [2.05, 4.69) is 10.2 Å². The van der Waals surface area contributed by atoms with Crippen LogP contribution in [0.25, 0.3) is 0 Å². The standard InChI is InChI=1S/C12H15BFN3O2S/c1-8-7-18-13(19-8)20-12(15)17-16-9(2)10-5-3-4-6-11(10)14/h3-6,8H,7H2,1-2H3,(H2,15,17)/b16-9-. The Kier molecular flexibility index (Phi) is 5.16. The first-order chi connectivity index (χ1) is 9.56. The maximum atomic E-state index is 13.5. The molecule has 0 amide bonds. The molecule has 1 aliphatic rings. The Bertz CT molecular complexity index is 541. The number of nitrogens with zero attached hydrogens (tertiary/aromatic N) is 2. The smallest absolute Gasteiger partial charge is 0.399 e. The number of benzene rings is 1. The van der Waals surface area contributed by atoms with Crippen molar-refractivity contribution in [1.29, 1.82) is 0 Å². The van der Waals surface area contributed by atoms with Crippen LogP contribution in [0.5, 0.6) is 0 Å². The molecule has 0 aromatic heterocycles. The van der Waals surface area contributed by atoms with E-state index in [4.69, 9.17) is 15.0 Å². The minimum atomic E-state index is -0.460. The zero-order valence-electron chi connectivity index (χ0n) is 11.2. The first kappa shape index (κ1) is 15.0. The van der Waals surface area contributed by atoms with E-state index >= 15 is 0 Å². The topological polar surface area (TPSA) is 69.2 Å². The third kappa shape index (κ3) is 4.06. The summed E-state index contributed by atoms with van der Waals surface area (Å²) in [6.07, 6.45) is -0.415. The highest BCUT2D eigenvalue weighted by Gasteiger charge is 2.31. The normalized spacial score (nSPS) is 20.6. The van der Waals surface area contributed by atoms with Gasteiger partial charge in [-0.25, -0.2) is 4.39 Å². The molecule has 1 saturated heterocycles. The lowest BCUT2D eigenvalue weighted by molar-refractivity contribution is 0.259. The van der Waals surface area contributed by atoms with Crippen molar-refractivity contribution in [1.82, 2.24) is 0 Å². The summed E-state index contributed by atoms with van der Waals surface area (Å²) in [5, 5.41) is 7.98. The van der Waals surface area contributed by atoms with Crippen LogP contribution in [0.2, 0.25) is 0 Å². The summed E-state index contributed by atoms with van der Waals surface area (Å²) in [7, 11) is 0. The van der Waals surface area contributed by atoms with Crippen molar-refractivity contribution in [3.05, 3.63) is 35.6 Å². The lowest BCUT2D eigenvalue weighted by atomic mass is 10.1. The second kappa shape index (κ2) is 6.87. The Balaban J connectivity index is 1.99. The van der Waals surface area contributed by atoms with Crippen LogP contribution in [-0.4, -0.2) is 30.0 Å². The van der Waals surface area contributed by atoms with E-state index in [-0.39, 0.29) is 17.1 Å². The molecule has 0 bridgehead atoms. The van der Waals surface area contributed by atoms with Gasteiger partial charge in [0.1, 0.15) is 5.82 Å². The third-order valence-electron chi connectivity index (χ3n) is 2.59. The first-order valence-corrected chi connectivity index (χ1v) is 7.00. The SMILES string of the molecule is C/C(=N/N=C(/N)SB1OCC(C)O1)c1ccccc1F. The Morgan fingerprint density at radius 1 is 1.45 bits per heavy atom. The van der Waals surface area contributed by atoms with Crippen LogP contribution >= 0.6 is 11.6 Å². The molecule has 5 nitrogen and oxygen atoms in total. The molecule has 20 heavy (non-hydrogen) atoms. The molecule has 1 unspecified atom stereocenters. The highest BCUT2D eigenvalue weighted by atomic mass is 32.2. The van der Waals surface area contributed by atoms with Crippen LogP contribution in [-0.2, 0) is 9.31 Å². The van der Waals surface area contributed by atoms with Crippen molar-refractivity contribution >= 4 is 28.9 Å². The molecular formula is C12H15BFN3O2S. The van der Waals surface area contributed by atoms with Crippen LogP contribution in [0.3, 0.4) is 0 Å². The highest BCUT2D eigenvalue weighted by molar-refractivity contribution is 8.35. The minimum absolute atomic E-state index is 0.0453. The van der Waals surface area contributed by atoms with Crippen LogP contribution in [0.4, 0.5) is 4.39 Å². The lowest BCUT2D eigenvalue weighted by Crippen LogP contribution is -2.18. The summed E-state index contributed by atoms with van der Waals surface area (Å²) >= 11 is 1.13. The van der Waals surface area contributed by atoms with Crippen molar-refractivity contribution < 1.29 is 13.7 Å². The van der Waals surface area contributed by atoms with Gasteiger partial charge in [0.05, 0.1) is 18.4 Å². The predicted octanol–water partition coefficient (Wildman–Crippen LogP) is 2.02. The van der Waals surface area contributed by atoms with Gasteiger partial charge in [-0.2, -0.15) is 5.10 Å². The molecule has 1 aromatic carbocycles. The van der Waals surface area contributed by atoms with Gasteiger partial charge in [0.15, 0.2) is 5.17 Å². The Labute approximate surface area is 121 Å². The van der Waals surface area contributed by atoms with E-state index in [0.29, 0.717) is 17.9 Å². The molecule has 8 heteroatoms. The van der Waals surface area contributed by atoms with Gasteiger partial charge in [0, 0.05) is 5.56 Å². The number of halogens is 1. The second-order valence-corrected chi connectivity index (χ2v) is 5.33. The fourth-order valence-corrected chi connectivity index (χ4v) is 2.28. The number of rotatable bonds is 3. The van der Waals surface area contributed by atoms with Gasteiger partial charge in [-0.05, 0) is 19.9 Å². The summed E-state index contributed by atoms with van der Waals surface area (Å²) in [4.78, 5) is 0. The van der Waals surface area contributed by atoms with E-state index in [1.54, 1.807) is 25.1 Å². The van der Waals surface area contributed by atoms with E-state index in [0.717, 1.165) is 11.6 Å². The Hall–Kier alpha value is -1.38. The average molecular weight is 295 g/mol. The van der Waals surface area contributed by atoms with E-state index in [9.17, 15) is 4.39 Å². The Morgan fingerprint density at radius 2 is 2.20 bits per heavy atom. The monoisotopic (exact) mass is 295 g/mol. The van der Waals surface area contributed by atoms with Crippen molar-refractivity contribution in [3.63, 3.8) is 0 Å². The molecule has 0 aliphatic carbocycles. The summed E-state index contributed by atoms with van der Waals surface area (Å²) in [5.41, 5.74) is 6.57. The summed E-state index contributed by atoms with van der Waals surface area (Å²) in [5.74, 6) is -0.341. The van der Waals surface area contributed by atoms with Crippen molar-refractivity contribution in [2.45, 2.75) is 20.0 Å². The van der Waals surface area contributed by atoms with Crippen LogP contribution < -0.4 is 5.73 Å². The first-order valence-electron chi connectivity index (χ1n) is 6.12. The maximum absolute atomic E-state index is 13.5. The van der Waals surface area contributed by atoms with Gasteiger partial charge in [-0.15, -0.1) is 5.10 Å². The van der Waals surface area contributed by atoms with Crippen LogP contribution in [0.1, 0.15) is 19.4 Å². The molecule has 1 fully saturated rings. The molecule has 0 spiro atoms. The number of amidine groups is 1. The average Bonchev–Trinajstić information content (AvgIpc) is 2.82. The molecule has 2 N–H and O–H groups in total. The fourth-order valence-electron chi connectivity index (χ4n) is 1.60. The van der Waals surface area contributed by atoms with Crippen molar-refractivity contribution in [2.75, 3.05) is 6.61 Å². The second-order valence-electron chi connectivity index (χ2n) is 4.29. The van der Waals surface area contributed by atoms with Crippen LogP contribution in [0.15, 0.2) is 34.5 Å². The van der Waals surface area contributed by atoms with E-state index in [1.165, 1.54) is 6.07 Å². The Morgan fingerprint density at radius 3 is 2.85 bits per heavy atom. The van der Waals surface area contributed by atoms with Gasteiger partial charge in [0.25, 0.3) is 0 Å². The summed E-state index contributed by atoms with van der Waals surface area (Å²) in [6.45, 7) is 4.11. The molecule has 0 radical (unpaired) electrons. The third-order valence-corrected chi connectivity index (χ3v) is 3.35. The largest absolute Gasteiger partial charge is 0.539 e. The lowest BCUT2D eigenvalue weighted by Gasteiger charge is -2.03. The quantitative estimate of drug-likeness (QED) is 0.401. The number of hydrogen-bond donors (Lipinski definition) is 1. The van der Waals surface area contributed by atoms with Gasteiger partial charge in [0.2, 0.25) is 0 Å². The number of hydrogen-bond acceptors (Lipinski definition) is 5. The molecule has 2 rings (SSSR count). The van der Waals surface area contributed by atoms with Gasteiger partial charge < -0.3 is 15.0 Å². The highest BCUT2D eigenvalue weighted by Crippen LogP contribution is 2.18. The number of nitrogens with two attached hydrogens (primary N) is 1. The zero-order chi connectivity index (χ0) is 14.5. The van der Waals surface area contributed by atoms with Crippen molar-refractivity contribution in [3.8, 4) is 0 Å². The molecular weight excluding hydrogens is 280 g/mol.